The number of carbonyl (C=O) groups is 2. The highest BCUT2D eigenvalue weighted by atomic mass is 32.2. The van der Waals surface area contributed by atoms with Crippen LogP contribution in [-0.4, -0.2) is 58.1 Å². The molecule has 1 aliphatic rings. The van der Waals surface area contributed by atoms with Gasteiger partial charge in [-0.05, 0) is 12.1 Å². The fourth-order valence-corrected chi connectivity index (χ4v) is 2.93. The second-order valence-electron chi connectivity index (χ2n) is 5.15. The third-order valence-electron chi connectivity index (χ3n) is 3.38. The number of amides is 1. The Balaban J connectivity index is 2.39. The number of benzene rings is 1. The van der Waals surface area contributed by atoms with Crippen molar-refractivity contribution < 1.29 is 22.7 Å². The van der Waals surface area contributed by atoms with Crippen LogP contribution in [0.15, 0.2) is 23.1 Å². The topological polar surface area (TPSA) is 84.0 Å². The van der Waals surface area contributed by atoms with Gasteiger partial charge in [-0.15, -0.1) is 0 Å². The van der Waals surface area contributed by atoms with Crippen LogP contribution < -0.4 is 9.64 Å². The second-order valence-corrected chi connectivity index (χ2v) is 7.43. The molecule has 0 saturated heterocycles. The fraction of sp³-hybridized carbons (Fsp3) is 0.429. The maximum Gasteiger partial charge on any atom is 0.331 e. The minimum atomic E-state index is -3.39. The zero-order valence-electron chi connectivity index (χ0n) is 12.7. The molecule has 120 valence electrons. The van der Waals surface area contributed by atoms with E-state index in [4.69, 9.17) is 4.74 Å². The predicted octanol–water partition coefficient (Wildman–Crippen LogP) is 0.294. The third kappa shape index (κ3) is 3.22. The van der Waals surface area contributed by atoms with Crippen molar-refractivity contribution in [2.24, 2.45) is 0 Å². The minimum Gasteiger partial charge on any atom is -0.423 e. The van der Waals surface area contributed by atoms with Crippen molar-refractivity contribution in [3.8, 4) is 5.75 Å². The first-order valence-corrected chi connectivity index (χ1v) is 8.42. The summed E-state index contributed by atoms with van der Waals surface area (Å²) in [6, 6.07) is 4.36. The van der Waals surface area contributed by atoms with Gasteiger partial charge in [0.15, 0.2) is 15.6 Å². The summed E-state index contributed by atoms with van der Waals surface area (Å²) in [7, 11) is -0.133. The molecule has 0 bridgehead atoms. The molecule has 0 atom stereocenters. The van der Waals surface area contributed by atoms with Crippen LogP contribution in [0.3, 0.4) is 0 Å². The molecule has 7 nitrogen and oxygen atoms in total. The van der Waals surface area contributed by atoms with Crippen LogP contribution in [0.2, 0.25) is 0 Å². The average molecular weight is 326 g/mol. The molecule has 0 aromatic heterocycles. The van der Waals surface area contributed by atoms with Gasteiger partial charge in [0.2, 0.25) is 5.91 Å². The van der Waals surface area contributed by atoms with E-state index in [0.29, 0.717) is 5.69 Å². The highest BCUT2D eigenvalue weighted by molar-refractivity contribution is 7.91. The van der Waals surface area contributed by atoms with Gasteiger partial charge in [0, 0.05) is 20.2 Å². The normalized spacial score (nSPS) is 14.3. The highest BCUT2D eigenvalue weighted by Gasteiger charge is 2.27. The van der Waals surface area contributed by atoms with Crippen molar-refractivity contribution in [2.45, 2.75) is 11.8 Å². The fourth-order valence-electron chi connectivity index (χ4n) is 2.04. The van der Waals surface area contributed by atoms with Crippen LogP contribution in [0.4, 0.5) is 5.69 Å². The lowest BCUT2D eigenvalue weighted by Gasteiger charge is -2.30. The number of ether oxygens (including phenoxy) is 1. The van der Waals surface area contributed by atoms with Gasteiger partial charge in [-0.25, -0.2) is 13.2 Å². The summed E-state index contributed by atoms with van der Waals surface area (Å²) in [5.41, 5.74) is 0.532. The van der Waals surface area contributed by atoms with E-state index in [1.54, 1.807) is 32.0 Å². The van der Waals surface area contributed by atoms with Gasteiger partial charge >= 0.3 is 5.97 Å². The Kier molecular flexibility index (Phi) is 4.41. The van der Waals surface area contributed by atoms with Gasteiger partial charge in [0.05, 0.1) is 22.9 Å². The lowest BCUT2D eigenvalue weighted by Crippen LogP contribution is -2.43. The van der Waals surface area contributed by atoms with Crippen molar-refractivity contribution in [1.82, 2.24) is 4.90 Å². The van der Waals surface area contributed by atoms with E-state index in [0.717, 1.165) is 0 Å². The van der Waals surface area contributed by atoms with Gasteiger partial charge < -0.3 is 14.5 Å². The standard InChI is InChI=1S/C14H18N2O5S/c1-4-22(19,20)10-5-6-11-12(7-10)21-14(18)9-16(11)8-13(17)15(2)3/h5-7H,4,8-9H2,1-3H3. The first kappa shape index (κ1) is 16.3. The molecular formula is C14H18N2O5S. The Bertz CT molecular complexity index is 712. The molecule has 22 heavy (non-hydrogen) atoms. The Labute approximate surface area is 129 Å². The second kappa shape index (κ2) is 5.96. The SMILES string of the molecule is CCS(=O)(=O)c1ccc2c(c1)OC(=O)CN2CC(=O)N(C)C. The molecule has 0 aliphatic carbocycles. The van der Waals surface area contributed by atoms with Gasteiger partial charge in [0.1, 0.15) is 6.54 Å². The molecule has 0 radical (unpaired) electrons. The maximum absolute atomic E-state index is 11.9. The third-order valence-corrected chi connectivity index (χ3v) is 5.11. The molecule has 0 spiro atoms. The number of rotatable bonds is 4. The average Bonchev–Trinajstić information content (AvgIpc) is 2.46. The molecule has 1 amide bonds. The molecule has 0 unspecified atom stereocenters. The Morgan fingerprint density at radius 1 is 1.36 bits per heavy atom. The summed E-state index contributed by atoms with van der Waals surface area (Å²) in [4.78, 5) is 26.6. The van der Waals surface area contributed by atoms with E-state index >= 15 is 0 Å². The first-order valence-electron chi connectivity index (χ1n) is 6.77. The maximum atomic E-state index is 11.9. The molecule has 0 N–H and O–H groups in total. The summed E-state index contributed by atoms with van der Waals surface area (Å²) in [5.74, 6) is -0.559. The van der Waals surface area contributed by atoms with Crippen molar-refractivity contribution in [1.29, 1.82) is 0 Å². The summed E-state index contributed by atoms with van der Waals surface area (Å²) in [5, 5.41) is 0. The molecule has 0 saturated carbocycles. The molecule has 1 aromatic rings. The van der Waals surface area contributed by atoms with E-state index < -0.39 is 15.8 Å². The van der Waals surface area contributed by atoms with Crippen molar-refractivity contribution >= 4 is 27.4 Å². The largest absolute Gasteiger partial charge is 0.423 e. The van der Waals surface area contributed by atoms with Crippen LogP contribution in [0.5, 0.6) is 5.75 Å². The monoisotopic (exact) mass is 326 g/mol. The number of sulfone groups is 1. The molecule has 1 aliphatic heterocycles. The van der Waals surface area contributed by atoms with Gasteiger partial charge in [-0.3, -0.25) is 4.79 Å². The number of esters is 1. The van der Waals surface area contributed by atoms with Crippen molar-refractivity contribution in [3.63, 3.8) is 0 Å². The molecular weight excluding hydrogens is 308 g/mol. The van der Waals surface area contributed by atoms with E-state index in [1.165, 1.54) is 17.0 Å². The van der Waals surface area contributed by atoms with Crippen LogP contribution in [0, 0.1) is 0 Å². The van der Waals surface area contributed by atoms with E-state index in [1.807, 2.05) is 0 Å². The number of carbonyl (C=O) groups excluding carboxylic acids is 2. The molecule has 2 rings (SSSR count). The minimum absolute atomic E-state index is 0.0228. The summed E-state index contributed by atoms with van der Waals surface area (Å²) in [6.07, 6.45) is 0. The first-order chi connectivity index (χ1) is 10.2. The highest BCUT2D eigenvalue weighted by Crippen LogP contribution is 2.34. The van der Waals surface area contributed by atoms with Gasteiger partial charge in [-0.1, -0.05) is 6.92 Å². The summed E-state index contributed by atoms with van der Waals surface area (Å²) < 4.78 is 28.9. The quantitative estimate of drug-likeness (QED) is 0.584. The van der Waals surface area contributed by atoms with Crippen molar-refractivity contribution in [3.05, 3.63) is 18.2 Å². The van der Waals surface area contributed by atoms with Gasteiger partial charge in [0.25, 0.3) is 0 Å². The lowest BCUT2D eigenvalue weighted by atomic mass is 10.2. The van der Waals surface area contributed by atoms with Crippen LogP contribution >= 0.6 is 0 Å². The summed E-state index contributed by atoms with van der Waals surface area (Å²) >= 11 is 0. The smallest absolute Gasteiger partial charge is 0.331 e. The van der Waals surface area contributed by atoms with Gasteiger partial charge in [-0.2, -0.15) is 0 Å². The molecule has 1 heterocycles. The molecule has 1 aromatic carbocycles. The number of fused-ring (bicyclic) bond motifs is 1. The molecule has 8 heteroatoms. The van der Waals surface area contributed by atoms with E-state index in [2.05, 4.69) is 0 Å². The number of hydrogen-bond acceptors (Lipinski definition) is 6. The molecule has 0 fully saturated rings. The number of nitrogens with zero attached hydrogens (tertiary/aromatic N) is 2. The number of likely N-dealkylation sites (N-methyl/N-ethyl adjacent to an activating group) is 1. The van der Waals surface area contributed by atoms with Crippen molar-refractivity contribution in [2.75, 3.05) is 37.8 Å². The Morgan fingerprint density at radius 3 is 2.64 bits per heavy atom. The summed E-state index contributed by atoms with van der Waals surface area (Å²) in [6.45, 7) is 1.52. The van der Waals surface area contributed by atoms with Crippen LogP contribution in [0.25, 0.3) is 0 Å². The Hall–Kier alpha value is -2.09. The zero-order valence-corrected chi connectivity index (χ0v) is 13.5. The predicted molar refractivity (Wildman–Crippen MR) is 80.7 cm³/mol. The van der Waals surface area contributed by atoms with Crippen LogP contribution in [0.1, 0.15) is 6.92 Å². The lowest BCUT2D eigenvalue weighted by molar-refractivity contribution is -0.133. The van der Waals surface area contributed by atoms with E-state index in [9.17, 15) is 18.0 Å². The number of hydrogen-bond donors (Lipinski definition) is 0. The number of anilines is 1. The van der Waals surface area contributed by atoms with E-state index in [-0.39, 0.29) is 35.4 Å². The Morgan fingerprint density at radius 2 is 2.05 bits per heavy atom. The van der Waals surface area contributed by atoms with Crippen LogP contribution in [-0.2, 0) is 19.4 Å². The zero-order chi connectivity index (χ0) is 16.5.